The fraction of sp³-hybridized carbons (Fsp3) is 1.00. The molecule has 2 nitrogen and oxygen atoms in total. The van der Waals surface area contributed by atoms with Gasteiger partial charge in [0.15, 0.2) is 0 Å². The van der Waals surface area contributed by atoms with Crippen LogP contribution in [0.4, 0.5) is 0 Å². The van der Waals surface area contributed by atoms with Crippen molar-refractivity contribution in [1.29, 1.82) is 0 Å². The summed E-state index contributed by atoms with van der Waals surface area (Å²) in [5.41, 5.74) is -0.277. The Balaban J connectivity index is 1.76. The molecule has 13 heavy (non-hydrogen) atoms. The van der Waals surface area contributed by atoms with Gasteiger partial charge in [-0.2, -0.15) is 0 Å². The van der Waals surface area contributed by atoms with Crippen molar-refractivity contribution >= 4 is 0 Å². The van der Waals surface area contributed by atoms with E-state index in [-0.39, 0.29) is 5.60 Å². The predicted octanol–water partition coefficient (Wildman–Crippen LogP) is 1.43. The third kappa shape index (κ3) is 1.40. The van der Waals surface area contributed by atoms with Gasteiger partial charge in [0.05, 0.1) is 5.60 Å². The number of nitrogens with one attached hydrogen (secondary N) is 1. The SMILES string of the molecule is OC1(C2CC2)CC2CCCC(C1)N2. The molecule has 2 N–H and O–H groups in total. The van der Waals surface area contributed by atoms with Crippen LogP contribution in [0, 0.1) is 5.92 Å². The Kier molecular flexibility index (Phi) is 1.72. The average Bonchev–Trinajstić information content (AvgIpc) is 2.84. The highest BCUT2D eigenvalue weighted by Crippen LogP contribution is 2.47. The maximum atomic E-state index is 10.5. The average molecular weight is 181 g/mol. The van der Waals surface area contributed by atoms with Crippen LogP contribution in [0.3, 0.4) is 0 Å². The molecule has 0 amide bonds. The molecule has 0 aromatic carbocycles. The summed E-state index contributed by atoms with van der Waals surface area (Å²) in [5, 5.41) is 14.1. The molecule has 0 radical (unpaired) electrons. The Morgan fingerprint density at radius 1 is 1.00 bits per heavy atom. The molecule has 3 rings (SSSR count). The Bertz CT molecular complexity index is 200. The zero-order valence-electron chi connectivity index (χ0n) is 8.13. The maximum absolute atomic E-state index is 10.5. The Labute approximate surface area is 79.7 Å². The van der Waals surface area contributed by atoms with Crippen LogP contribution in [0.5, 0.6) is 0 Å². The summed E-state index contributed by atoms with van der Waals surface area (Å²) in [5.74, 6) is 0.651. The smallest absolute Gasteiger partial charge is 0.0705 e. The van der Waals surface area contributed by atoms with Crippen LogP contribution >= 0.6 is 0 Å². The quantitative estimate of drug-likeness (QED) is 0.641. The van der Waals surface area contributed by atoms with Gasteiger partial charge in [0.2, 0.25) is 0 Å². The predicted molar refractivity (Wildman–Crippen MR) is 51.5 cm³/mol. The summed E-state index contributed by atoms with van der Waals surface area (Å²) in [6, 6.07) is 1.25. The zero-order chi connectivity index (χ0) is 8.89. The highest BCUT2D eigenvalue weighted by atomic mass is 16.3. The van der Waals surface area contributed by atoms with Crippen molar-refractivity contribution in [2.75, 3.05) is 0 Å². The fourth-order valence-corrected chi connectivity index (χ4v) is 3.32. The van der Waals surface area contributed by atoms with Crippen LogP contribution in [0.15, 0.2) is 0 Å². The second kappa shape index (κ2) is 2.71. The van der Waals surface area contributed by atoms with E-state index in [0.29, 0.717) is 18.0 Å². The van der Waals surface area contributed by atoms with Gasteiger partial charge in [-0.1, -0.05) is 6.42 Å². The van der Waals surface area contributed by atoms with E-state index in [1.54, 1.807) is 0 Å². The van der Waals surface area contributed by atoms with Gasteiger partial charge in [-0.05, 0) is 44.4 Å². The van der Waals surface area contributed by atoms with E-state index in [9.17, 15) is 5.11 Å². The van der Waals surface area contributed by atoms with E-state index >= 15 is 0 Å². The number of hydrogen-bond donors (Lipinski definition) is 2. The van der Waals surface area contributed by atoms with Gasteiger partial charge in [0.25, 0.3) is 0 Å². The van der Waals surface area contributed by atoms with Crippen molar-refractivity contribution in [1.82, 2.24) is 5.32 Å². The van der Waals surface area contributed by atoms with E-state index in [0.717, 1.165) is 12.8 Å². The third-order valence-electron chi connectivity index (χ3n) is 4.11. The molecule has 0 spiro atoms. The second-order valence-electron chi connectivity index (χ2n) is 5.28. The molecule has 3 aliphatic rings. The number of fused-ring (bicyclic) bond motifs is 2. The first-order valence-corrected chi connectivity index (χ1v) is 5.75. The van der Waals surface area contributed by atoms with Crippen molar-refractivity contribution in [3.63, 3.8) is 0 Å². The van der Waals surface area contributed by atoms with Crippen LogP contribution in [-0.2, 0) is 0 Å². The molecular formula is C11H19NO. The summed E-state index contributed by atoms with van der Waals surface area (Å²) in [6.45, 7) is 0. The van der Waals surface area contributed by atoms with E-state index in [4.69, 9.17) is 0 Å². The zero-order valence-corrected chi connectivity index (χ0v) is 8.13. The first-order valence-electron chi connectivity index (χ1n) is 5.75. The van der Waals surface area contributed by atoms with Crippen molar-refractivity contribution in [2.24, 2.45) is 5.92 Å². The van der Waals surface area contributed by atoms with Gasteiger partial charge in [0.1, 0.15) is 0 Å². The Morgan fingerprint density at radius 2 is 1.62 bits per heavy atom. The molecule has 2 bridgehead atoms. The minimum Gasteiger partial charge on any atom is -0.389 e. The van der Waals surface area contributed by atoms with Crippen LogP contribution < -0.4 is 5.32 Å². The van der Waals surface area contributed by atoms with Gasteiger partial charge in [-0.3, -0.25) is 0 Å². The normalized spacial score (nSPS) is 50.5. The number of piperidine rings is 2. The molecule has 1 aliphatic carbocycles. The molecule has 2 saturated heterocycles. The molecule has 2 aliphatic heterocycles. The van der Waals surface area contributed by atoms with Gasteiger partial charge in [-0.25, -0.2) is 0 Å². The van der Waals surface area contributed by atoms with E-state index in [2.05, 4.69) is 5.32 Å². The van der Waals surface area contributed by atoms with Crippen molar-refractivity contribution in [2.45, 2.75) is 62.6 Å². The fourth-order valence-electron chi connectivity index (χ4n) is 3.32. The molecule has 1 saturated carbocycles. The third-order valence-corrected chi connectivity index (χ3v) is 4.11. The van der Waals surface area contributed by atoms with Crippen molar-refractivity contribution in [3.05, 3.63) is 0 Å². The largest absolute Gasteiger partial charge is 0.389 e. The lowest BCUT2D eigenvalue weighted by atomic mass is 9.75. The van der Waals surface area contributed by atoms with Gasteiger partial charge >= 0.3 is 0 Å². The van der Waals surface area contributed by atoms with Crippen LogP contribution in [0.1, 0.15) is 44.9 Å². The highest BCUT2D eigenvalue weighted by Gasteiger charge is 2.49. The van der Waals surface area contributed by atoms with E-state index in [1.807, 2.05) is 0 Å². The molecule has 0 aromatic heterocycles. The van der Waals surface area contributed by atoms with E-state index < -0.39 is 0 Å². The van der Waals surface area contributed by atoms with Gasteiger partial charge in [-0.15, -0.1) is 0 Å². The molecular weight excluding hydrogens is 162 g/mol. The molecule has 2 heterocycles. The molecule has 2 atom stereocenters. The van der Waals surface area contributed by atoms with Crippen LogP contribution in [0.2, 0.25) is 0 Å². The van der Waals surface area contributed by atoms with Crippen molar-refractivity contribution < 1.29 is 5.11 Å². The number of aliphatic hydroxyl groups is 1. The molecule has 2 heteroatoms. The number of rotatable bonds is 1. The minimum atomic E-state index is -0.277. The van der Waals surface area contributed by atoms with Crippen molar-refractivity contribution in [3.8, 4) is 0 Å². The first-order chi connectivity index (χ1) is 6.26. The number of hydrogen-bond acceptors (Lipinski definition) is 2. The lowest BCUT2D eigenvalue weighted by Crippen LogP contribution is -2.56. The summed E-state index contributed by atoms with van der Waals surface area (Å²) in [6.07, 6.45) is 8.52. The summed E-state index contributed by atoms with van der Waals surface area (Å²) in [4.78, 5) is 0. The Hall–Kier alpha value is -0.0800. The Morgan fingerprint density at radius 3 is 2.15 bits per heavy atom. The molecule has 0 aromatic rings. The van der Waals surface area contributed by atoms with Gasteiger partial charge < -0.3 is 10.4 Å². The minimum absolute atomic E-state index is 0.277. The topological polar surface area (TPSA) is 32.3 Å². The molecule has 2 unspecified atom stereocenters. The monoisotopic (exact) mass is 181 g/mol. The van der Waals surface area contributed by atoms with Crippen LogP contribution in [-0.4, -0.2) is 22.8 Å². The standard InChI is InChI=1S/C11H19NO/c13-11(8-4-5-8)6-9-2-1-3-10(7-11)12-9/h8-10,12-13H,1-7H2. The summed E-state index contributed by atoms with van der Waals surface area (Å²) < 4.78 is 0. The summed E-state index contributed by atoms with van der Waals surface area (Å²) >= 11 is 0. The second-order valence-corrected chi connectivity index (χ2v) is 5.28. The maximum Gasteiger partial charge on any atom is 0.0705 e. The van der Waals surface area contributed by atoms with Gasteiger partial charge in [0, 0.05) is 12.1 Å². The van der Waals surface area contributed by atoms with E-state index in [1.165, 1.54) is 32.1 Å². The summed E-state index contributed by atoms with van der Waals surface area (Å²) in [7, 11) is 0. The lowest BCUT2D eigenvalue weighted by Gasteiger charge is -2.45. The first kappa shape index (κ1) is 8.25. The molecule has 3 fully saturated rings. The highest BCUT2D eigenvalue weighted by molar-refractivity contribution is 5.04. The lowest BCUT2D eigenvalue weighted by molar-refractivity contribution is -0.0484. The molecule has 74 valence electrons. The van der Waals surface area contributed by atoms with Crippen LogP contribution in [0.25, 0.3) is 0 Å².